The van der Waals surface area contributed by atoms with E-state index < -0.39 is 5.97 Å². The minimum absolute atomic E-state index is 0.0161. The minimum atomic E-state index is -1.28. The molecule has 0 atom stereocenters. The van der Waals surface area contributed by atoms with E-state index in [2.05, 4.69) is 31.1 Å². The molecule has 0 radical (unpaired) electrons. The third-order valence-corrected chi connectivity index (χ3v) is 3.55. The zero-order valence-corrected chi connectivity index (χ0v) is 12.7. The fourth-order valence-corrected chi connectivity index (χ4v) is 2.40. The highest BCUT2D eigenvalue weighted by molar-refractivity contribution is 9.10. The van der Waals surface area contributed by atoms with Crippen LogP contribution in [0.2, 0.25) is 0 Å². The zero-order chi connectivity index (χ0) is 15.7. The first-order valence-electron chi connectivity index (χ1n) is 6.28. The van der Waals surface area contributed by atoms with Crippen LogP contribution in [0.1, 0.15) is 10.4 Å². The van der Waals surface area contributed by atoms with E-state index in [0.717, 1.165) is 9.99 Å². The van der Waals surface area contributed by atoms with Crippen molar-refractivity contribution in [2.24, 2.45) is 10.2 Å². The van der Waals surface area contributed by atoms with Crippen LogP contribution in [0, 0.1) is 0 Å². The van der Waals surface area contributed by atoms with Crippen LogP contribution in [0.15, 0.2) is 57.2 Å². The quantitative estimate of drug-likeness (QED) is 0.701. The number of H-pyrrole nitrogens is 1. The second-order valence-corrected chi connectivity index (χ2v) is 5.47. The van der Waals surface area contributed by atoms with Crippen molar-refractivity contribution in [3.8, 4) is 5.88 Å². The number of aromatic nitrogens is 1. The summed E-state index contributed by atoms with van der Waals surface area (Å²) >= 11 is 3.36. The number of hydrogen-bond acceptors (Lipinski definition) is 5. The van der Waals surface area contributed by atoms with Crippen LogP contribution >= 0.6 is 15.9 Å². The lowest BCUT2D eigenvalue weighted by atomic mass is 10.2. The van der Waals surface area contributed by atoms with Gasteiger partial charge < -0.3 is 20.0 Å². The van der Waals surface area contributed by atoms with E-state index in [4.69, 9.17) is 0 Å². The first-order chi connectivity index (χ1) is 10.5. The zero-order valence-electron chi connectivity index (χ0n) is 11.1. The summed E-state index contributed by atoms with van der Waals surface area (Å²) in [5.41, 5.74) is 1.38. The first-order valence-corrected chi connectivity index (χ1v) is 7.07. The molecule has 110 valence electrons. The van der Waals surface area contributed by atoms with Crippen molar-refractivity contribution in [3.05, 3.63) is 52.5 Å². The molecule has 22 heavy (non-hydrogen) atoms. The van der Waals surface area contributed by atoms with Gasteiger partial charge in [-0.1, -0.05) is 28.1 Å². The van der Waals surface area contributed by atoms with E-state index in [1.54, 1.807) is 24.3 Å². The Bertz CT molecular complexity index is 902. The summed E-state index contributed by atoms with van der Waals surface area (Å²) < 4.78 is 0.842. The van der Waals surface area contributed by atoms with E-state index in [0.29, 0.717) is 11.1 Å². The molecule has 0 aliphatic carbocycles. The van der Waals surface area contributed by atoms with Crippen molar-refractivity contribution >= 4 is 44.2 Å². The number of azo groups is 1. The van der Waals surface area contributed by atoms with Crippen molar-refractivity contribution in [2.45, 2.75) is 0 Å². The highest BCUT2D eigenvalue weighted by atomic mass is 79.9. The molecule has 3 rings (SSSR count). The summed E-state index contributed by atoms with van der Waals surface area (Å²) in [4.78, 5) is 13.6. The van der Waals surface area contributed by atoms with E-state index in [1.165, 1.54) is 12.1 Å². The van der Waals surface area contributed by atoms with Crippen LogP contribution in [0.4, 0.5) is 11.4 Å². The summed E-state index contributed by atoms with van der Waals surface area (Å²) in [5.74, 6) is -1.39. The molecule has 0 saturated carbocycles. The summed E-state index contributed by atoms with van der Waals surface area (Å²) in [7, 11) is 0. The number of hydrogen-bond donors (Lipinski definition) is 2. The molecule has 7 heteroatoms. The van der Waals surface area contributed by atoms with Gasteiger partial charge in [0.1, 0.15) is 0 Å². The van der Waals surface area contributed by atoms with Crippen molar-refractivity contribution in [1.82, 2.24) is 4.98 Å². The number of fused-ring (bicyclic) bond motifs is 1. The Morgan fingerprint density at radius 2 is 2.00 bits per heavy atom. The third-order valence-electron chi connectivity index (χ3n) is 3.06. The SMILES string of the molecule is O=C([O-])c1cccc(N=Nc2c(O)[nH]c3ccc(Br)cc23)c1. The topological polar surface area (TPSA) is 101 Å². The monoisotopic (exact) mass is 358 g/mol. The number of carboxylic acid groups (broad SMARTS) is 1. The third kappa shape index (κ3) is 2.71. The van der Waals surface area contributed by atoms with Gasteiger partial charge in [-0.05, 0) is 35.9 Å². The molecule has 0 fully saturated rings. The number of aromatic carboxylic acids is 1. The predicted molar refractivity (Wildman–Crippen MR) is 82.6 cm³/mol. The second-order valence-electron chi connectivity index (χ2n) is 4.55. The second kappa shape index (κ2) is 5.61. The number of halogens is 1. The van der Waals surface area contributed by atoms with Crippen LogP contribution in [-0.4, -0.2) is 16.1 Å². The molecule has 2 N–H and O–H groups in total. The maximum Gasteiger partial charge on any atom is 0.218 e. The normalized spacial score (nSPS) is 11.3. The largest absolute Gasteiger partial charge is 0.545 e. The number of aromatic amines is 1. The van der Waals surface area contributed by atoms with Gasteiger partial charge in [0.25, 0.3) is 0 Å². The molecule has 0 spiro atoms. The van der Waals surface area contributed by atoms with Gasteiger partial charge in [-0.15, -0.1) is 5.11 Å². The van der Waals surface area contributed by atoms with Gasteiger partial charge in [0.05, 0.1) is 17.2 Å². The Hall–Kier alpha value is -2.67. The highest BCUT2D eigenvalue weighted by Gasteiger charge is 2.10. The van der Waals surface area contributed by atoms with Crippen molar-refractivity contribution in [2.75, 3.05) is 0 Å². The molecule has 0 unspecified atom stereocenters. The highest BCUT2D eigenvalue weighted by Crippen LogP contribution is 2.37. The summed E-state index contributed by atoms with van der Waals surface area (Å²) in [6.07, 6.45) is 0. The number of carboxylic acids is 1. The van der Waals surface area contributed by atoms with E-state index >= 15 is 0 Å². The number of benzene rings is 2. The first kappa shape index (κ1) is 14.3. The number of rotatable bonds is 3. The van der Waals surface area contributed by atoms with Gasteiger partial charge in [-0.25, -0.2) is 0 Å². The van der Waals surface area contributed by atoms with Crippen LogP contribution in [-0.2, 0) is 0 Å². The van der Waals surface area contributed by atoms with Crippen molar-refractivity contribution in [3.63, 3.8) is 0 Å². The number of carbonyl (C=O) groups is 1. The van der Waals surface area contributed by atoms with Crippen molar-refractivity contribution in [1.29, 1.82) is 0 Å². The Balaban J connectivity index is 2.02. The molecular weight excluding hydrogens is 350 g/mol. The fourth-order valence-electron chi connectivity index (χ4n) is 2.04. The smallest absolute Gasteiger partial charge is 0.218 e. The van der Waals surface area contributed by atoms with Crippen molar-refractivity contribution < 1.29 is 15.0 Å². The molecule has 0 amide bonds. The molecule has 1 heterocycles. The lowest BCUT2D eigenvalue weighted by molar-refractivity contribution is -0.255. The van der Waals surface area contributed by atoms with Crippen LogP contribution < -0.4 is 5.11 Å². The Labute approximate surface area is 133 Å². The summed E-state index contributed by atoms with van der Waals surface area (Å²) in [6, 6.07) is 11.4. The minimum Gasteiger partial charge on any atom is -0.545 e. The number of carbonyl (C=O) groups excluding carboxylic acids is 1. The van der Waals surface area contributed by atoms with Crippen LogP contribution in [0.25, 0.3) is 10.9 Å². The van der Waals surface area contributed by atoms with Crippen LogP contribution in [0.5, 0.6) is 5.88 Å². The van der Waals surface area contributed by atoms with Gasteiger partial charge in [-0.3, -0.25) is 0 Å². The van der Waals surface area contributed by atoms with Gasteiger partial charge >= 0.3 is 0 Å². The number of nitrogens with one attached hydrogen (secondary N) is 1. The molecule has 2 aromatic carbocycles. The van der Waals surface area contributed by atoms with Gasteiger partial charge in [0, 0.05) is 9.86 Å². The van der Waals surface area contributed by atoms with Gasteiger partial charge in [0.15, 0.2) is 5.69 Å². The Morgan fingerprint density at radius 3 is 2.77 bits per heavy atom. The molecule has 0 aliphatic heterocycles. The van der Waals surface area contributed by atoms with E-state index in [9.17, 15) is 15.0 Å². The maximum absolute atomic E-state index is 10.8. The summed E-state index contributed by atoms with van der Waals surface area (Å²) in [5, 5.41) is 29.4. The fraction of sp³-hybridized carbons (Fsp3) is 0. The summed E-state index contributed by atoms with van der Waals surface area (Å²) in [6.45, 7) is 0. The Kier molecular flexibility index (Phi) is 3.64. The predicted octanol–water partition coefficient (Wildman–Crippen LogP) is 3.41. The Morgan fingerprint density at radius 1 is 1.18 bits per heavy atom. The molecule has 3 aromatic rings. The lowest BCUT2D eigenvalue weighted by Crippen LogP contribution is -2.21. The maximum atomic E-state index is 10.8. The average Bonchev–Trinajstić information content (AvgIpc) is 2.80. The average molecular weight is 359 g/mol. The number of nitrogens with zero attached hydrogens (tertiary/aromatic N) is 2. The van der Waals surface area contributed by atoms with E-state index in [1.807, 2.05) is 6.07 Å². The van der Waals surface area contributed by atoms with Gasteiger partial charge in [-0.2, -0.15) is 5.11 Å². The standard InChI is InChI=1S/C15H10BrN3O3/c16-9-4-5-12-11(7-9)13(14(20)17-12)19-18-10-3-1-2-8(6-10)15(21)22/h1-7,17,20H,(H,21,22)/p-1. The molecule has 1 aromatic heterocycles. The van der Waals surface area contributed by atoms with E-state index in [-0.39, 0.29) is 17.1 Å². The molecule has 0 bridgehead atoms. The molecular formula is C15H9BrN3O3-. The van der Waals surface area contributed by atoms with Crippen LogP contribution in [0.3, 0.4) is 0 Å². The molecule has 6 nitrogen and oxygen atoms in total. The number of aromatic hydroxyl groups is 1. The van der Waals surface area contributed by atoms with Gasteiger partial charge in [0.2, 0.25) is 5.88 Å². The lowest BCUT2D eigenvalue weighted by Gasteiger charge is -2.01. The molecule has 0 aliphatic rings. The molecule has 0 saturated heterocycles.